The molecular formula is C21H19ClF3NO5. The van der Waals surface area contributed by atoms with Gasteiger partial charge in [0.05, 0.1) is 5.56 Å². The first-order chi connectivity index (χ1) is 14.5. The van der Waals surface area contributed by atoms with Crippen LogP contribution < -0.4 is 0 Å². The summed E-state index contributed by atoms with van der Waals surface area (Å²) in [6.45, 7) is 3.22. The molecule has 6 nitrogen and oxygen atoms in total. The van der Waals surface area contributed by atoms with Crippen LogP contribution in [0.15, 0.2) is 42.5 Å². The van der Waals surface area contributed by atoms with Crippen LogP contribution in [0.25, 0.3) is 0 Å². The van der Waals surface area contributed by atoms with Crippen LogP contribution in [0, 0.1) is 0 Å². The molecule has 4 atom stereocenters. The van der Waals surface area contributed by atoms with Crippen molar-refractivity contribution in [1.82, 2.24) is 4.98 Å². The molecule has 0 saturated carbocycles. The molecule has 2 fully saturated rings. The number of hydrogen-bond donors (Lipinski definition) is 0. The van der Waals surface area contributed by atoms with E-state index in [-0.39, 0.29) is 17.3 Å². The van der Waals surface area contributed by atoms with Gasteiger partial charge in [0.2, 0.25) is 0 Å². The Labute approximate surface area is 181 Å². The minimum absolute atomic E-state index is 0.153. The van der Waals surface area contributed by atoms with Crippen LogP contribution in [0.1, 0.15) is 41.6 Å². The van der Waals surface area contributed by atoms with Gasteiger partial charge in [0.15, 0.2) is 5.79 Å². The number of rotatable bonds is 4. The SMILES string of the molecule is CC1(C)O[C@@H]2[C@H](O1)[C@@H](COC(=O)c1ccccc1)O[C@H]2c1cc(Cl)nc(C(F)(F)F)c1. The minimum Gasteiger partial charge on any atom is -0.459 e. The molecule has 166 valence electrons. The maximum atomic E-state index is 13.2. The molecule has 0 bridgehead atoms. The third-order valence-electron chi connectivity index (χ3n) is 4.97. The zero-order valence-corrected chi connectivity index (χ0v) is 17.3. The van der Waals surface area contributed by atoms with Gasteiger partial charge in [0.25, 0.3) is 0 Å². The van der Waals surface area contributed by atoms with Crippen LogP contribution in [-0.4, -0.2) is 41.7 Å². The van der Waals surface area contributed by atoms with E-state index in [1.165, 1.54) is 6.07 Å². The molecule has 0 unspecified atom stereocenters. The monoisotopic (exact) mass is 457 g/mol. The van der Waals surface area contributed by atoms with Gasteiger partial charge in [-0.2, -0.15) is 13.2 Å². The molecule has 3 heterocycles. The van der Waals surface area contributed by atoms with E-state index in [1.807, 2.05) is 0 Å². The number of benzene rings is 1. The normalized spacial score (nSPS) is 27.2. The molecule has 2 aromatic rings. The maximum Gasteiger partial charge on any atom is 0.433 e. The van der Waals surface area contributed by atoms with Crippen LogP contribution in [-0.2, 0) is 25.1 Å². The Balaban J connectivity index is 1.56. The highest BCUT2D eigenvalue weighted by Gasteiger charge is 2.56. The van der Waals surface area contributed by atoms with E-state index in [0.29, 0.717) is 5.56 Å². The second kappa shape index (κ2) is 8.05. The third-order valence-corrected chi connectivity index (χ3v) is 5.17. The molecular weight excluding hydrogens is 439 g/mol. The molecule has 1 aromatic carbocycles. The van der Waals surface area contributed by atoms with Crippen molar-refractivity contribution in [3.8, 4) is 0 Å². The van der Waals surface area contributed by atoms with Crippen LogP contribution in [0.3, 0.4) is 0 Å². The molecule has 2 aliphatic heterocycles. The first kappa shape index (κ1) is 22.0. The molecule has 2 aliphatic rings. The fourth-order valence-electron chi connectivity index (χ4n) is 3.73. The Morgan fingerprint density at radius 3 is 2.52 bits per heavy atom. The molecule has 1 aromatic heterocycles. The number of alkyl halides is 3. The first-order valence-corrected chi connectivity index (χ1v) is 9.89. The molecule has 0 spiro atoms. The van der Waals surface area contributed by atoms with Crippen LogP contribution >= 0.6 is 11.6 Å². The van der Waals surface area contributed by atoms with Crippen molar-refractivity contribution in [3.63, 3.8) is 0 Å². The summed E-state index contributed by atoms with van der Waals surface area (Å²) in [5.41, 5.74) is -0.610. The lowest BCUT2D eigenvalue weighted by Crippen LogP contribution is -2.33. The summed E-state index contributed by atoms with van der Waals surface area (Å²) in [5.74, 6) is -1.53. The summed E-state index contributed by atoms with van der Waals surface area (Å²) < 4.78 is 62.7. The van der Waals surface area contributed by atoms with Gasteiger partial charge in [0, 0.05) is 0 Å². The zero-order chi connectivity index (χ0) is 22.4. The fraction of sp³-hybridized carbons (Fsp3) is 0.429. The highest BCUT2D eigenvalue weighted by Crippen LogP contribution is 2.46. The lowest BCUT2D eigenvalue weighted by Gasteiger charge is -2.24. The number of esters is 1. The van der Waals surface area contributed by atoms with E-state index in [1.54, 1.807) is 44.2 Å². The lowest BCUT2D eigenvalue weighted by molar-refractivity contribution is -0.191. The zero-order valence-electron chi connectivity index (χ0n) is 16.6. The summed E-state index contributed by atoms with van der Waals surface area (Å²) in [5, 5.41) is -0.317. The van der Waals surface area contributed by atoms with Crippen molar-refractivity contribution in [1.29, 1.82) is 0 Å². The maximum absolute atomic E-state index is 13.2. The van der Waals surface area contributed by atoms with Gasteiger partial charge in [-0.05, 0) is 43.7 Å². The van der Waals surface area contributed by atoms with E-state index < -0.39 is 48.0 Å². The Bertz CT molecular complexity index is 969. The van der Waals surface area contributed by atoms with Gasteiger partial charge >= 0.3 is 12.1 Å². The van der Waals surface area contributed by atoms with Crippen molar-refractivity contribution in [2.75, 3.05) is 6.61 Å². The van der Waals surface area contributed by atoms with Crippen LogP contribution in [0.4, 0.5) is 13.2 Å². The van der Waals surface area contributed by atoms with Gasteiger partial charge < -0.3 is 18.9 Å². The second-order valence-corrected chi connectivity index (χ2v) is 8.12. The number of halogens is 4. The second-order valence-electron chi connectivity index (χ2n) is 7.73. The Morgan fingerprint density at radius 1 is 1.16 bits per heavy atom. The van der Waals surface area contributed by atoms with Gasteiger partial charge in [-0.25, -0.2) is 9.78 Å². The fourth-order valence-corrected chi connectivity index (χ4v) is 3.94. The number of ether oxygens (including phenoxy) is 4. The van der Waals surface area contributed by atoms with E-state index in [9.17, 15) is 18.0 Å². The van der Waals surface area contributed by atoms with E-state index >= 15 is 0 Å². The summed E-state index contributed by atoms with van der Waals surface area (Å²) >= 11 is 5.83. The van der Waals surface area contributed by atoms with Crippen molar-refractivity contribution >= 4 is 17.6 Å². The standard InChI is InChI=1S/C21H19ClF3NO5/c1-20(2)30-17-13(10-28-19(27)11-6-4-3-5-7-11)29-16(18(17)31-20)12-8-14(21(23,24)25)26-15(22)9-12/h3-9,13,16-18H,10H2,1-2H3/t13-,16+,17-,18+/m1/s1. The highest BCUT2D eigenvalue weighted by molar-refractivity contribution is 6.29. The van der Waals surface area contributed by atoms with Crippen molar-refractivity contribution in [2.24, 2.45) is 0 Å². The summed E-state index contributed by atoms with van der Waals surface area (Å²) in [7, 11) is 0. The largest absolute Gasteiger partial charge is 0.459 e. The number of fused-ring (bicyclic) bond motifs is 1. The summed E-state index contributed by atoms with van der Waals surface area (Å²) in [4.78, 5) is 15.6. The number of hydrogen-bond acceptors (Lipinski definition) is 6. The smallest absolute Gasteiger partial charge is 0.433 e. The highest BCUT2D eigenvalue weighted by atomic mass is 35.5. The molecule has 0 aliphatic carbocycles. The van der Waals surface area contributed by atoms with Gasteiger partial charge in [0.1, 0.15) is 41.9 Å². The molecule has 0 amide bonds. The number of pyridine rings is 1. The number of nitrogens with zero attached hydrogens (tertiary/aromatic N) is 1. The van der Waals surface area contributed by atoms with Crippen LogP contribution in [0.5, 0.6) is 0 Å². The number of aromatic nitrogens is 1. The Morgan fingerprint density at radius 2 is 1.84 bits per heavy atom. The van der Waals surface area contributed by atoms with Gasteiger partial charge in [-0.3, -0.25) is 0 Å². The Kier molecular flexibility index (Phi) is 5.72. The third kappa shape index (κ3) is 4.69. The topological polar surface area (TPSA) is 66.9 Å². The Hall–Kier alpha value is -2.20. The lowest BCUT2D eigenvalue weighted by atomic mass is 10.0. The summed E-state index contributed by atoms with van der Waals surface area (Å²) in [6, 6.07) is 10.6. The van der Waals surface area contributed by atoms with E-state index in [4.69, 9.17) is 30.5 Å². The average Bonchev–Trinajstić information content (AvgIpc) is 3.18. The molecule has 31 heavy (non-hydrogen) atoms. The van der Waals surface area contributed by atoms with E-state index in [2.05, 4.69) is 4.98 Å². The predicted molar refractivity (Wildman–Crippen MR) is 102 cm³/mol. The first-order valence-electron chi connectivity index (χ1n) is 9.51. The number of carbonyl (C=O) groups excluding carboxylic acids is 1. The molecule has 10 heteroatoms. The minimum atomic E-state index is -4.67. The van der Waals surface area contributed by atoms with Gasteiger partial charge in [-0.1, -0.05) is 29.8 Å². The van der Waals surface area contributed by atoms with Crippen molar-refractivity contribution in [2.45, 2.75) is 50.2 Å². The van der Waals surface area contributed by atoms with Crippen molar-refractivity contribution in [3.05, 3.63) is 64.4 Å². The number of carbonyl (C=O) groups is 1. The molecule has 4 rings (SSSR count). The molecule has 0 radical (unpaired) electrons. The molecule has 0 N–H and O–H groups in total. The summed E-state index contributed by atoms with van der Waals surface area (Å²) in [6.07, 6.45) is -7.69. The predicted octanol–water partition coefficient (Wildman–Crippen LogP) is 4.57. The van der Waals surface area contributed by atoms with Gasteiger partial charge in [-0.15, -0.1) is 0 Å². The van der Waals surface area contributed by atoms with Crippen molar-refractivity contribution < 1.29 is 36.9 Å². The quantitative estimate of drug-likeness (QED) is 0.495. The average molecular weight is 458 g/mol. The molecule has 2 saturated heterocycles. The van der Waals surface area contributed by atoms with Crippen LogP contribution in [0.2, 0.25) is 5.15 Å². The van der Waals surface area contributed by atoms with E-state index in [0.717, 1.165) is 6.07 Å².